The molecule has 0 atom stereocenters. The van der Waals surface area contributed by atoms with Crippen molar-refractivity contribution in [1.29, 1.82) is 0 Å². The van der Waals surface area contributed by atoms with Crippen LogP contribution in [-0.4, -0.2) is 42.9 Å². The van der Waals surface area contributed by atoms with Crippen LogP contribution in [0.2, 0.25) is 0 Å². The van der Waals surface area contributed by atoms with Gasteiger partial charge in [0.05, 0.1) is 20.5 Å². The highest BCUT2D eigenvalue weighted by Crippen LogP contribution is 2.33. The zero-order valence-electron chi connectivity index (χ0n) is 15.0. The largest absolute Gasteiger partial charge is 0.443 e. The zero-order valence-corrected chi connectivity index (χ0v) is 19.3. The van der Waals surface area contributed by atoms with Crippen LogP contribution in [0.15, 0.2) is 31.7 Å². The molecule has 0 bridgehead atoms. The monoisotopic (exact) mass is 570 g/mol. The molecule has 1 saturated heterocycles. The number of amides is 1. The third-order valence-electron chi connectivity index (χ3n) is 3.62. The van der Waals surface area contributed by atoms with E-state index in [1.54, 1.807) is 4.90 Å². The fourth-order valence-electron chi connectivity index (χ4n) is 2.54. The number of aryl methyl sites for hydroxylation is 1. The molecule has 7 heteroatoms. The van der Waals surface area contributed by atoms with E-state index in [0.717, 1.165) is 31.7 Å². The first kappa shape index (κ1) is 20.8. The quantitative estimate of drug-likeness (QED) is 0.477. The smallest absolute Gasteiger partial charge is 0.420 e. The third kappa shape index (κ3) is 5.72. The molecule has 1 aliphatic rings. The van der Waals surface area contributed by atoms with Crippen molar-refractivity contribution < 1.29 is 14.3 Å². The Bertz CT molecular complexity index is 646. The molecule has 1 heterocycles. The fraction of sp³-hybridized carbons (Fsp3) is 0.500. The lowest BCUT2D eigenvalue weighted by Gasteiger charge is -2.38. The molecule has 1 aromatic carbocycles. The predicted molar refractivity (Wildman–Crippen MR) is 117 cm³/mol. The van der Waals surface area contributed by atoms with E-state index in [0.29, 0.717) is 13.2 Å². The molecule has 1 aromatic rings. The minimum absolute atomic E-state index is 0.367. The number of anilines is 1. The van der Waals surface area contributed by atoms with E-state index in [1.807, 2.05) is 52.0 Å². The van der Waals surface area contributed by atoms with Gasteiger partial charge in [0.15, 0.2) is 0 Å². The van der Waals surface area contributed by atoms with E-state index in [4.69, 9.17) is 9.47 Å². The fourth-order valence-corrected chi connectivity index (χ4v) is 3.71. The van der Waals surface area contributed by atoms with Gasteiger partial charge in [-0.3, -0.25) is 0 Å². The summed E-state index contributed by atoms with van der Waals surface area (Å²) in [6.07, 6.45) is -0.367. The average Bonchev–Trinajstić information content (AvgIpc) is 2.52. The molecule has 0 spiro atoms. The number of carbonyl (C=O) groups is 1. The predicted octanol–water partition coefficient (Wildman–Crippen LogP) is 5.07. The molecule has 5 nitrogen and oxygen atoms in total. The van der Waals surface area contributed by atoms with Crippen LogP contribution in [0.3, 0.4) is 0 Å². The number of nitrogens with zero attached hydrogens (tertiary/aromatic N) is 2. The maximum absolute atomic E-state index is 13.1. The van der Waals surface area contributed by atoms with Crippen molar-refractivity contribution in [2.75, 3.05) is 31.2 Å². The van der Waals surface area contributed by atoms with Crippen LogP contribution in [0.25, 0.3) is 0 Å². The van der Waals surface area contributed by atoms with Gasteiger partial charge in [0.1, 0.15) is 11.4 Å². The summed E-state index contributed by atoms with van der Waals surface area (Å²) >= 11 is 4.53. The number of ether oxygens (including phenoxy) is 2. The second-order valence-corrected chi connectivity index (χ2v) is 11.0. The highest BCUT2D eigenvalue weighted by atomic mass is 127. The summed E-state index contributed by atoms with van der Waals surface area (Å²) in [4.78, 5) is 17.0. The third-order valence-corrected chi connectivity index (χ3v) is 4.59. The Hall–Kier alpha value is -0.550. The van der Waals surface area contributed by atoms with E-state index in [2.05, 4.69) is 50.1 Å². The molecule has 0 unspecified atom stereocenters. The van der Waals surface area contributed by atoms with E-state index < -0.39 is 5.60 Å². The molecular formula is C18H24I2N2O3. The van der Waals surface area contributed by atoms with Crippen LogP contribution in [0.4, 0.5) is 10.5 Å². The second kappa shape index (κ2) is 8.90. The molecule has 1 amide bonds. The van der Waals surface area contributed by atoms with Gasteiger partial charge in [0.2, 0.25) is 0 Å². The lowest BCUT2D eigenvalue weighted by molar-refractivity contribution is 0.0445. The first-order chi connectivity index (χ1) is 11.7. The van der Waals surface area contributed by atoms with Gasteiger partial charge in [-0.05, 0) is 84.5 Å². The lowest BCUT2D eigenvalue weighted by Crippen LogP contribution is -2.46. The van der Waals surface area contributed by atoms with Gasteiger partial charge in [-0.25, -0.2) is 9.69 Å². The van der Waals surface area contributed by atoms with Crippen LogP contribution in [-0.2, 0) is 9.47 Å². The minimum Gasteiger partial charge on any atom is -0.443 e. The highest BCUT2D eigenvalue weighted by molar-refractivity contribution is 14.2. The normalized spacial score (nSPS) is 14.9. The van der Waals surface area contributed by atoms with Crippen molar-refractivity contribution in [3.63, 3.8) is 0 Å². The number of morpholine rings is 1. The minimum atomic E-state index is -0.565. The summed E-state index contributed by atoms with van der Waals surface area (Å²) < 4.78 is 12.2. The SMILES string of the molecule is Cc1ccccc1N(C(=O)OC(C)(C)C)C(=C(I)I)N1CCOCC1. The Balaban J connectivity index is 2.50. The van der Waals surface area contributed by atoms with Crippen molar-refractivity contribution in [1.82, 2.24) is 4.90 Å². The van der Waals surface area contributed by atoms with E-state index in [1.165, 1.54) is 0 Å². The van der Waals surface area contributed by atoms with Gasteiger partial charge in [-0.2, -0.15) is 0 Å². The first-order valence-corrected chi connectivity index (χ1v) is 10.3. The Morgan fingerprint density at radius 3 is 2.32 bits per heavy atom. The van der Waals surface area contributed by atoms with Crippen LogP contribution in [0.1, 0.15) is 26.3 Å². The van der Waals surface area contributed by atoms with Crippen molar-refractivity contribution >= 4 is 57.0 Å². The molecule has 25 heavy (non-hydrogen) atoms. The van der Waals surface area contributed by atoms with Crippen molar-refractivity contribution in [3.8, 4) is 0 Å². The zero-order chi connectivity index (χ0) is 18.6. The number of benzene rings is 1. The van der Waals surface area contributed by atoms with Crippen LogP contribution >= 0.6 is 45.2 Å². The van der Waals surface area contributed by atoms with Crippen molar-refractivity contribution in [3.05, 3.63) is 37.2 Å². The molecule has 1 fully saturated rings. The number of halogens is 2. The molecule has 2 rings (SSSR count). The lowest BCUT2D eigenvalue weighted by atomic mass is 10.2. The summed E-state index contributed by atoms with van der Waals surface area (Å²) in [6, 6.07) is 7.87. The summed E-state index contributed by atoms with van der Waals surface area (Å²) in [5, 5.41) is 0. The Morgan fingerprint density at radius 2 is 1.80 bits per heavy atom. The van der Waals surface area contributed by atoms with Crippen LogP contribution in [0.5, 0.6) is 0 Å². The maximum atomic E-state index is 13.1. The number of para-hydroxylation sites is 1. The summed E-state index contributed by atoms with van der Waals surface area (Å²) in [5.74, 6) is 0.855. The molecule has 0 aliphatic carbocycles. The number of hydrogen-bond donors (Lipinski definition) is 0. The van der Waals surface area contributed by atoms with Gasteiger partial charge in [-0.15, -0.1) is 0 Å². The van der Waals surface area contributed by atoms with Crippen LogP contribution in [0, 0.1) is 6.92 Å². The number of hydrogen-bond acceptors (Lipinski definition) is 4. The van der Waals surface area contributed by atoms with E-state index in [9.17, 15) is 4.79 Å². The Kier molecular flexibility index (Phi) is 7.39. The molecule has 0 radical (unpaired) electrons. The molecule has 138 valence electrons. The molecular weight excluding hydrogens is 546 g/mol. The van der Waals surface area contributed by atoms with Crippen molar-refractivity contribution in [2.24, 2.45) is 0 Å². The molecule has 0 saturated carbocycles. The summed E-state index contributed by atoms with van der Waals surface area (Å²) in [6.45, 7) is 10.5. The van der Waals surface area contributed by atoms with E-state index in [-0.39, 0.29) is 6.09 Å². The number of carbonyl (C=O) groups excluding carboxylic acids is 1. The summed E-state index contributed by atoms with van der Waals surface area (Å²) in [5.41, 5.74) is 1.29. The standard InChI is InChI=1S/C18H24I2N2O3/c1-13-7-5-6-8-14(13)22(17(23)25-18(2,3)4)16(15(19)20)21-9-11-24-12-10-21/h5-8H,9-12H2,1-4H3. The topological polar surface area (TPSA) is 42.0 Å². The van der Waals surface area contributed by atoms with Crippen molar-refractivity contribution in [2.45, 2.75) is 33.3 Å². The van der Waals surface area contributed by atoms with Gasteiger partial charge < -0.3 is 14.4 Å². The molecule has 0 aromatic heterocycles. The van der Waals surface area contributed by atoms with Crippen LogP contribution < -0.4 is 4.90 Å². The molecule has 0 N–H and O–H groups in total. The van der Waals surface area contributed by atoms with Gasteiger partial charge in [0.25, 0.3) is 0 Å². The van der Waals surface area contributed by atoms with Gasteiger partial charge in [-0.1, -0.05) is 18.2 Å². The average molecular weight is 570 g/mol. The first-order valence-electron chi connectivity index (χ1n) is 8.17. The Labute approximate surface area is 177 Å². The van der Waals surface area contributed by atoms with Gasteiger partial charge >= 0.3 is 6.09 Å². The second-order valence-electron chi connectivity index (χ2n) is 6.79. The number of rotatable bonds is 3. The summed E-state index contributed by atoms with van der Waals surface area (Å²) in [7, 11) is 0. The van der Waals surface area contributed by atoms with Gasteiger partial charge in [0, 0.05) is 13.1 Å². The van der Waals surface area contributed by atoms with E-state index >= 15 is 0 Å². The Morgan fingerprint density at radius 1 is 1.20 bits per heavy atom. The maximum Gasteiger partial charge on any atom is 0.420 e. The highest BCUT2D eigenvalue weighted by Gasteiger charge is 2.32. The molecule has 1 aliphatic heterocycles.